The predicted molar refractivity (Wildman–Crippen MR) is 73.3 cm³/mol. The molecule has 0 fully saturated rings. The van der Waals surface area contributed by atoms with E-state index in [1.54, 1.807) is 24.3 Å². The average molecular weight is 298 g/mol. The van der Waals surface area contributed by atoms with Gasteiger partial charge >= 0.3 is 0 Å². The Morgan fingerprint density at radius 2 is 1.61 bits per heavy atom. The maximum absolute atomic E-state index is 8.89. The van der Waals surface area contributed by atoms with Crippen LogP contribution in [0.1, 0.15) is 11.1 Å². The lowest BCUT2D eigenvalue weighted by molar-refractivity contribution is 1.45. The summed E-state index contributed by atoms with van der Waals surface area (Å²) in [6, 6.07) is 16.7. The Morgan fingerprint density at radius 3 is 2.33 bits per heavy atom. The molecular weight excluding hydrogens is 290 g/mol. The van der Waals surface area contributed by atoms with E-state index in [-0.39, 0.29) is 0 Å². The van der Waals surface area contributed by atoms with Gasteiger partial charge in [-0.25, -0.2) is 0 Å². The summed E-state index contributed by atoms with van der Waals surface area (Å²) in [5.41, 5.74) is 2.78. The molecular formula is C14H8BrN3. The van der Waals surface area contributed by atoms with E-state index in [1.807, 2.05) is 18.2 Å². The molecule has 0 saturated carbocycles. The fraction of sp³-hybridized carbons (Fsp3) is 0. The van der Waals surface area contributed by atoms with Crippen LogP contribution < -0.4 is 5.32 Å². The Hall–Kier alpha value is -2.30. The molecule has 0 aliphatic heterocycles. The molecule has 0 saturated heterocycles. The SMILES string of the molecule is N#Cc1cccc(Nc2cc(Br)cc(C#N)c2)c1. The van der Waals surface area contributed by atoms with Crippen LogP contribution in [0.15, 0.2) is 46.9 Å². The summed E-state index contributed by atoms with van der Waals surface area (Å²) in [4.78, 5) is 0. The fourth-order valence-corrected chi connectivity index (χ4v) is 2.05. The zero-order chi connectivity index (χ0) is 13.0. The van der Waals surface area contributed by atoms with E-state index in [1.165, 1.54) is 0 Å². The molecule has 0 aliphatic carbocycles. The summed E-state index contributed by atoms with van der Waals surface area (Å²) in [7, 11) is 0. The van der Waals surface area contributed by atoms with Crippen LogP contribution in [-0.4, -0.2) is 0 Å². The first-order valence-corrected chi connectivity index (χ1v) is 5.98. The molecule has 0 unspecified atom stereocenters. The van der Waals surface area contributed by atoms with Gasteiger partial charge in [-0.15, -0.1) is 0 Å². The third-order valence-electron chi connectivity index (χ3n) is 2.31. The zero-order valence-corrected chi connectivity index (χ0v) is 10.9. The largest absolute Gasteiger partial charge is 0.355 e. The molecule has 2 rings (SSSR count). The number of nitrogens with zero attached hydrogens (tertiary/aromatic N) is 2. The van der Waals surface area contributed by atoms with E-state index < -0.39 is 0 Å². The van der Waals surface area contributed by atoms with Crippen LogP contribution >= 0.6 is 15.9 Å². The molecule has 4 heteroatoms. The highest BCUT2D eigenvalue weighted by atomic mass is 79.9. The maximum Gasteiger partial charge on any atom is 0.0992 e. The van der Waals surface area contributed by atoms with Crippen LogP contribution in [0.4, 0.5) is 11.4 Å². The van der Waals surface area contributed by atoms with E-state index in [2.05, 4.69) is 33.4 Å². The molecule has 0 heterocycles. The van der Waals surface area contributed by atoms with Gasteiger partial charge in [0.1, 0.15) is 0 Å². The highest BCUT2D eigenvalue weighted by molar-refractivity contribution is 9.10. The highest BCUT2D eigenvalue weighted by Gasteiger charge is 2.00. The first-order chi connectivity index (χ1) is 8.71. The molecule has 0 bridgehead atoms. The van der Waals surface area contributed by atoms with Crippen molar-refractivity contribution in [1.29, 1.82) is 10.5 Å². The second kappa shape index (κ2) is 5.35. The van der Waals surface area contributed by atoms with Crippen LogP contribution in [0.5, 0.6) is 0 Å². The second-order valence-corrected chi connectivity index (χ2v) is 4.57. The predicted octanol–water partition coefficient (Wildman–Crippen LogP) is 3.94. The van der Waals surface area contributed by atoms with E-state index >= 15 is 0 Å². The van der Waals surface area contributed by atoms with Gasteiger partial charge in [0.2, 0.25) is 0 Å². The van der Waals surface area contributed by atoms with Crippen LogP contribution in [0.2, 0.25) is 0 Å². The Balaban J connectivity index is 2.31. The molecule has 0 radical (unpaired) electrons. The lowest BCUT2D eigenvalue weighted by Crippen LogP contribution is -1.91. The van der Waals surface area contributed by atoms with Gasteiger partial charge < -0.3 is 5.32 Å². The highest BCUT2D eigenvalue weighted by Crippen LogP contribution is 2.23. The van der Waals surface area contributed by atoms with Crippen molar-refractivity contribution in [3.05, 3.63) is 58.1 Å². The van der Waals surface area contributed by atoms with Crippen LogP contribution in [0.3, 0.4) is 0 Å². The van der Waals surface area contributed by atoms with Gasteiger partial charge in [0.15, 0.2) is 0 Å². The number of halogens is 1. The van der Waals surface area contributed by atoms with E-state index in [9.17, 15) is 0 Å². The van der Waals surface area contributed by atoms with Gasteiger partial charge in [0, 0.05) is 15.8 Å². The molecule has 0 aliphatic rings. The topological polar surface area (TPSA) is 59.6 Å². The monoisotopic (exact) mass is 297 g/mol. The minimum Gasteiger partial charge on any atom is -0.355 e. The number of rotatable bonds is 2. The first kappa shape index (κ1) is 12.2. The number of nitriles is 2. The fourth-order valence-electron chi connectivity index (χ4n) is 1.56. The smallest absolute Gasteiger partial charge is 0.0992 e. The van der Waals surface area contributed by atoms with Crippen molar-refractivity contribution < 1.29 is 0 Å². The first-order valence-electron chi connectivity index (χ1n) is 5.19. The van der Waals surface area contributed by atoms with Gasteiger partial charge in [-0.2, -0.15) is 10.5 Å². The Labute approximate surface area is 113 Å². The number of anilines is 2. The molecule has 3 nitrogen and oxygen atoms in total. The molecule has 18 heavy (non-hydrogen) atoms. The van der Waals surface area contributed by atoms with Crippen molar-refractivity contribution in [3.63, 3.8) is 0 Å². The Kier molecular flexibility index (Phi) is 3.62. The van der Waals surface area contributed by atoms with E-state index in [0.29, 0.717) is 11.1 Å². The van der Waals surface area contributed by atoms with E-state index in [4.69, 9.17) is 10.5 Å². The lowest BCUT2D eigenvalue weighted by atomic mass is 10.2. The van der Waals surface area contributed by atoms with Crippen molar-refractivity contribution in [2.75, 3.05) is 5.32 Å². The number of hydrogen-bond donors (Lipinski definition) is 1. The van der Waals surface area contributed by atoms with Crippen LogP contribution in [-0.2, 0) is 0 Å². The van der Waals surface area contributed by atoms with Gasteiger partial charge in [-0.3, -0.25) is 0 Å². The van der Waals surface area contributed by atoms with Gasteiger partial charge in [-0.1, -0.05) is 22.0 Å². The molecule has 86 valence electrons. The third-order valence-corrected chi connectivity index (χ3v) is 2.77. The Morgan fingerprint density at radius 1 is 0.889 bits per heavy atom. The van der Waals surface area contributed by atoms with Crippen molar-refractivity contribution in [2.24, 2.45) is 0 Å². The van der Waals surface area contributed by atoms with Gasteiger partial charge in [0.25, 0.3) is 0 Å². The molecule has 0 aromatic heterocycles. The standard InChI is InChI=1S/C14H8BrN3/c15-12-4-11(9-17)6-14(7-12)18-13-3-1-2-10(5-13)8-16/h1-7,18H. The summed E-state index contributed by atoms with van der Waals surface area (Å²) in [6.07, 6.45) is 0. The molecule has 0 amide bonds. The van der Waals surface area contributed by atoms with Crippen molar-refractivity contribution in [2.45, 2.75) is 0 Å². The van der Waals surface area contributed by atoms with Crippen molar-refractivity contribution in [3.8, 4) is 12.1 Å². The summed E-state index contributed by atoms with van der Waals surface area (Å²) in [5.74, 6) is 0. The quantitative estimate of drug-likeness (QED) is 0.913. The number of benzene rings is 2. The summed E-state index contributed by atoms with van der Waals surface area (Å²) >= 11 is 3.35. The lowest BCUT2D eigenvalue weighted by Gasteiger charge is -2.07. The van der Waals surface area contributed by atoms with Crippen molar-refractivity contribution >= 4 is 27.3 Å². The zero-order valence-electron chi connectivity index (χ0n) is 9.31. The third kappa shape index (κ3) is 2.88. The summed E-state index contributed by atoms with van der Waals surface area (Å²) in [5, 5.41) is 20.9. The average Bonchev–Trinajstić information content (AvgIpc) is 2.38. The Bertz CT molecular complexity index is 665. The second-order valence-electron chi connectivity index (χ2n) is 3.66. The summed E-state index contributed by atoms with van der Waals surface area (Å²) in [6.45, 7) is 0. The molecule has 1 N–H and O–H groups in total. The molecule has 2 aromatic rings. The summed E-state index contributed by atoms with van der Waals surface area (Å²) < 4.78 is 0.834. The van der Waals surface area contributed by atoms with E-state index in [0.717, 1.165) is 15.8 Å². The molecule has 0 atom stereocenters. The van der Waals surface area contributed by atoms with Crippen LogP contribution in [0, 0.1) is 22.7 Å². The maximum atomic E-state index is 8.89. The molecule has 0 spiro atoms. The van der Waals surface area contributed by atoms with Crippen LogP contribution in [0.25, 0.3) is 0 Å². The minimum atomic E-state index is 0.573. The van der Waals surface area contributed by atoms with Crippen molar-refractivity contribution in [1.82, 2.24) is 0 Å². The molecule has 2 aromatic carbocycles. The minimum absolute atomic E-state index is 0.573. The van der Waals surface area contributed by atoms with Gasteiger partial charge in [0.05, 0.1) is 23.3 Å². The number of hydrogen-bond acceptors (Lipinski definition) is 3. The number of nitrogens with one attached hydrogen (secondary N) is 1. The normalized spacial score (nSPS) is 9.28. The van der Waals surface area contributed by atoms with Gasteiger partial charge in [-0.05, 0) is 36.4 Å².